The van der Waals surface area contributed by atoms with Crippen molar-refractivity contribution < 1.29 is 4.74 Å². The topological polar surface area (TPSA) is 79.3 Å². The summed E-state index contributed by atoms with van der Waals surface area (Å²) in [5.74, 6) is 3.31. The van der Waals surface area contributed by atoms with Crippen LogP contribution in [0.5, 0.6) is 11.5 Å². The molecule has 5 rings (SSSR count). The predicted octanol–water partition coefficient (Wildman–Crippen LogP) is 3.68. The van der Waals surface area contributed by atoms with Gasteiger partial charge in [-0.25, -0.2) is 0 Å². The second-order valence-electron chi connectivity index (χ2n) is 5.85. The maximum Gasteiger partial charge on any atom is 0.204 e. The summed E-state index contributed by atoms with van der Waals surface area (Å²) in [5.41, 5.74) is 2.12. The maximum atomic E-state index is 5.98. The third-order valence-electron chi connectivity index (χ3n) is 4.26. The monoisotopic (exact) mass is 350 g/mol. The number of H-pyrrole nitrogens is 1. The third-order valence-corrected chi connectivity index (χ3v) is 5.08. The number of hydrogen-bond donors (Lipinski definition) is 1. The van der Waals surface area contributed by atoms with E-state index in [1.54, 1.807) is 0 Å². The molecular formula is C17H14N6OS. The van der Waals surface area contributed by atoms with Crippen molar-refractivity contribution in [3.05, 3.63) is 42.5 Å². The van der Waals surface area contributed by atoms with Crippen molar-refractivity contribution in [2.75, 3.05) is 11.4 Å². The fourth-order valence-corrected chi connectivity index (χ4v) is 3.90. The number of nitrogens with zero attached hydrogens (tertiary/aromatic N) is 5. The van der Waals surface area contributed by atoms with Gasteiger partial charge in [-0.1, -0.05) is 0 Å². The third kappa shape index (κ3) is 2.64. The first-order valence-electron chi connectivity index (χ1n) is 8.04. The SMILES string of the molecule is c1cc(-c2nn[nH]n2)ccc1Oc1ccc2c(c1)SN=C1CCCN12. The van der Waals surface area contributed by atoms with Crippen molar-refractivity contribution in [1.82, 2.24) is 20.6 Å². The Balaban J connectivity index is 1.37. The minimum Gasteiger partial charge on any atom is -0.457 e. The van der Waals surface area contributed by atoms with Gasteiger partial charge in [0.2, 0.25) is 5.82 Å². The van der Waals surface area contributed by atoms with E-state index in [4.69, 9.17) is 4.74 Å². The van der Waals surface area contributed by atoms with E-state index >= 15 is 0 Å². The van der Waals surface area contributed by atoms with Crippen LogP contribution < -0.4 is 9.64 Å². The number of amidine groups is 1. The van der Waals surface area contributed by atoms with Crippen LogP contribution in [0.25, 0.3) is 11.4 Å². The molecule has 0 radical (unpaired) electrons. The molecule has 0 atom stereocenters. The molecule has 1 aromatic heterocycles. The molecule has 0 spiro atoms. The van der Waals surface area contributed by atoms with Gasteiger partial charge in [-0.2, -0.15) is 9.61 Å². The van der Waals surface area contributed by atoms with Gasteiger partial charge in [-0.3, -0.25) is 0 Å². The average molecular weight is 350 g/mol. The van der Waals surface area contributed by atoms with E-state index in [1.165, 1.54) is 29.9 Å². The van der Waals surface area contributed by atoms with Crippen molar-refractivity contribution >= 4 is 23.5 Å². The first-order chi connectivity index (χ1) is 12.4. The van der Waals surface area contributed by atoms with Gasteiger partial charge < -0.3 is 9.64 Å². The zero-order valence-corrected chi connectivity index (χ0v) is 14.0. The van der Waals surface area contributed by atoms with E-state index in [0.29, 0.717) is 5.82 Å². The minimum atomic E-state index is 0.566. The molecule has 2 aliphatic rings. The lowest BCUT2D eigenvalue weighted by molar-refractivity contribution is 0.481. The lowest BCUT2D eigenvalue weighted by Gasteiger charge is -2.25. The number of aromatic nitrogens is 4. The van der Waals surface area contributed by atoms with Crippen LogP contribution in [0.1, 0.15) is 12.8 Å². The van der Waals surface area contributed by atoms with Crippen LogP contribution in [-0.4, -0.2) is 33.0 Å². The predicted molar refractivity (Wildman–Crippen MR) is 96.0 cm³/mol. The molecule has 1 N–H and O–H groups in total. The number of tetrazole rings is 1. The Morgan fingerprint density at radius 1 is 1.08 bits per heavy atom. The van der Waals surface area contributed by atoms with Crippen LogP contribution in [0.2, 0.25) is 0 Å². The summed E-state index contributed by atoms with van der Waals surface area (Å²) in [7, 11) is 0. The number of aromatic amines is 1. The first-order valence-corrected chi connectivity index (χ1v) is 8.81. The van der Waals surface area contributed by atoms with E-state index < -0.39 is 0 Å². The molecule has 7 nitrogen and oxygen atoms in total. The lowest BCUT2D eigenvalue weighted by Crippen LogP contribution is -2.26. The highest BCUT2D eigenvalue weighted by Gasteiger charge is 2.26. The molecule has 2 aliphatic heterocycles. The summed E-state index contributed by atoms with van der Waals surface area (Å²) in [5, 5.41) is 14.0. The average Bonchev–Trinajstić information content (AvgIpc) is 3.34. The summed E-state index contributed by atoms with van der Waals surface area (Å²) < 4.78 is 10.6. The Hall–Kier alpha value is -2.87. The fourth-order valence-electron chi connectivity index (χ4n) is 3.06. The molecule has 0 aliphatic carbocycles. The number of nitrogens with one attached hydrogen (secondary N) is 1. The number of benzene rings is 2. The van der Waals surface area contributed by atoms with Gasteiger partial charge in [0, 0.05) is 30.5 Å². The molecule has 1 fully saturated rings. The maximum absolute atomic E-state index is 5.98. The number of anilines is 1. The first kappa shape index (κ1) is 14.5. The Labute approximate surface area is 148 Å². The van der Waals surface area contributed by atoms with E-state index in [0.717, 1.165) is 34.9 Å². The van der Waals surface area contributed by atoms with Crippen LogP contribution in [-0.2, 0) is 0 Å². The highest BCUT2D eigenvalue weighted by molar-refractivity contribution is 7.98. The number of ether oxygens (including phenoxy) is 1. The zero-order chi connectivity index (χ0) is 16.6. The molecule has 0 saturated carbocycles. The van der Waals surface area contributed by atoms with Crippen molar-refractivity contribution in [3.8, 4) is 22.9 Å². The van der Waals surface area contributed by atoms with Gasteiger partial charge in [0.15, 0.2) is 0 Å². The van der Waals surface area contributed by atoms with Crippen LogP contribution in [0.3, 0.4) is 0 Å². The van der Waals surface area contributed by atoms with E-state index in [1.807, 2.05) is 36.4 Å². The second kappa shape index (κ2) is 5.89. The molecule has 25 heavy (non-hydrogen) atoms. The fraction of sp³-hybridized carbons (Fsp3) is 0.176. The summed E-state index contributed by atoms with van der Waals surface area (Å²) in [6.45, 7) is 1.05. The number of hydrogen-bond acceptors (Lipinski definition) is 7. The summed E-state index contributed by atoms with van der Waals surface area (Å²) >= 11 is 1.53. The molecule has 0 amide bonds. The molecule has 8 heteroatoms. The van der Waals surface area contributed by atoms with Crippen LogP contribution in [0, 0.1) is 0 Å². The van der Waals surface area contributed by atoms with E-state index in [9.17, 15) is 0 Å². The van der Waals surface area contributed by atoms with E-state index in [2.05, 4.69) is 36.0 Å². The van der Waals surface area contributed by atoms with Crippen molar-refractivity contribution in [2.45, 2.75) is 17.7 Å². The van der Waals surface area contributed by atoms with Crippen LogP contribution >= 0.6 is 11.9 Å². The van der Waals surface area contributed by atoms with Gasteiger partial charge >= 0.3 is 0 Å². The quantitative estimate of drug-likeness (QED) is 0.726. The van der Waals surface area contributed by atoms with Gasteiger partial charge in [0.05, 0.1) is 10.6 Å². The van der Waals surface area contributed by atoms with Crippen LogP contribution in [0.4, 0.5) is 5.69 Å². The van der Waals surface area contributed by atoms with Gasteiger partial charge in [0.25, 0.3) is 0 Å². The summed E-state index contributed by atoms with van der Waals surface area (Å²) in [6.07, 6.45) is 2.24. The Morgan fingerprint density at radius 2 is 1.96 bits per heavy atom. The molecule has 124 valence electrons. The summed E-state index contributed by atoms with van der Waals surface area (Å²) in [6, 6.07) is 13.8. The molecule has 0 unspecified atom stereocenters. The second-order valence-corrected chi connectivity index (χ2v) is 6.65. The lowest BCUT2D eigenvalue weighted by atomic mass is 10.2. The standard InChI is InChI=1S/C17H14N6OS/c1-2-16-20-25-15-10-13(7-8-14(15)23(16)9-1)24-12-5-3-11(4-6-12)17-18-21-22-19-17/h3-8,10H,1-2,9H2,(H,18,19,21,22). The Kier molecular flexibility index (Phi) is 3.41. The zero-order valence-electron chi connectivity index (χ0n) is 13.2. The van der Waals surface area contributed by atoms with Gasteiger partial charge in [-0.05, 0) is 54.1 Å². The molecule has 1 saturated heterocycles. The molecule has 0 bridgehead atoms. The van der Waals surface area contributed by atoms with Gasteiger partial charge in [0.1, 0.15) is 17.3 Å². The highest BCUT2D eigenvalue weighted by atomic mass is 32.2. The van der Waals surface area contributed by atoms with Crippen LogP contribution in [0.15, 0.2) is 51.8 Å². The summed E-state index contributed by atoms with van der Waals surface area (Å²) in [4.78, 5) is 3.43. The number of fused-ring (bicyclic) bond motifs is 3. The van der Waals surface area contributed by atoms with Crippen molar-refractivity contribution in [1.29, 1.82) is 0 Å². The highest BCUT2D eigenvalue weighted by Crippen LogP contribution is 2.41. The minimum absolute atomic E-state index is 0.566. The molecular weight excluding hydrogens is 336 g/mol. The molecule has 2 aromatic carbocycles. The Bertz CT molecular complexity index is 938. The van der Waals surface area contributed by atoms with E-state index in [-0.39, 0.29) is 0 Å². The molecule has 3 heterocycles. The number of rotatable bonds is 3. The normalized spacial score (nSPS) is 15.5. The smallest absolute Gasteiger partial charge is 0.204 e. The van der Waals surface area contributed by atoms with Crippen molar-refractivity contribution in [3.63, 3.8) is 0 Å². The van der Waals surface area contributed by atoms with Gasteiger partial charge in [-0.15, -0.1) is 10.2 Å². The molecule has 3 aromatic rings. The largest absolute Gasteiger partial charge is 0.457 e. The Morgan fingerprint density at radius 3 is 2.80 bits per heavy atom. The van der Waals surface area contributed by atoms with Crippen molar-refractivity contribution in [2.24, 2.45) is 4.40 Å².